The lowest BCUT2D eigenvalue weighted by molar-refractivity contribution is -0.119. The van der Waals surface area contributed by atoms with Crippen molar-refractivity contribution in [3.8, 4) is 5.75 Å². The summed E-state index contributed by atoms with van der Waals surface area (Å²) in [6.07, 6.45) is 1.14. The maximum Gasteiger partial charge on any atom is 0.255 e. The summed E-state index contributed by atoms with van der Waals surface area (Å²) in [5.74, 6) is 0.789. The van der Waals surface area contributed by atoms with Gasteiger partial charge < -0.3 is 30.6 Å². The van der Waals surface area contributed by atoms with Crippen molar-refractivity contribution >= 4 is 35.8 Å². The van der Waals surface area contributed by atoms with Crippen LogP contribution in [-0.2, 0) is 20.8 Å². The van der Waals surface area contributed by atoms with E-state index in [1.807, 2.05) is 25.1 Å². The zero-order valence-electron chi connectivity index (χ0n) is 15.8. The first-order valence-corrected chi connectivity index (χ1v) is 8.73. The van der Waals surface area contributed by atoms with Gasteiger partial charge in [-0.15, -0.1) is 24.0 Å². The van der Waals surface area contributed by atoms with E-state index in [0.29, 0.717) is 31.5 Å². The summed E-state index contributed by atoms with van der Waals surface area (Å²) in [5.41, 5.74) is 6.09. The molecule has 4 N–H and O–H groups in total. The number of hydrogen-bond acceptors (Lipinski definition) is 5. The van der Waals surface area contributed by atoms with Crippen LogP contribution in [0.1, 0.15) is 18.9 Å². The van der Waals surface area contributed by atoms with Crippen molar-refractivity contribution in [3.63, 3.8) is 0 Å². The van der Waals surface area contributed by atoms with Crippen LogP contribution in [0.15, 0.2) is 29.3 Å². The Morgan fingerprint density at radius 3 is 2.96 bits per heavy atom. The number of nitrogens with one attached hydrogen (secondary N) is 2. The second kappa shape index (κ2) is 12.7. The first kappa shape index (κ1) is 23.4. The summed E-state index contributed by atoms with van der Waals surface area (Å²) in [5, 5.41) is 6.54. The number of hydrogen-bond donors (Lipinski definition) is 3. The van der Waals surface area contributed by atoms with Gasteiger partial charge in [0.05, 0.1) is 19.3 Å². The molecule has 0 radical (unpaired) electrons. The summed E-state index contributed by atoms with van der Waals surface area (Å²) in [7, 11) is 1.72. The first-order valence-electron chi connectivity index (χ1n) is 8.73. The molecule has 0 spiro atoms. The normalized spacial score (nSPS) is 17.7. The minimum atomic E-state index is -0.501. The molecular weight excluding hydrogens is 463 g/mol. The van der Waals surface area contributed by atoms with E-state index < -0.39 is 5.91 Å². The zero-order chi connectivity index (χ0) is 18.8. The number of carbonyl (C=O) groups is 1. The van der Waals surface area contributed by atoms with Crippen LogP contribution in [0.3, 0.4) is 0 Å². The fraction of sp³-hybridized carbons (Fsp3) is 0.556. The topological polar surface area (TPSA) is 107 Å². The van der Waals surface area contributed by atoms with Crippen molar-refractivity contribution < 1.29 is 19.0 Å². The Kier molecular flexibility index (Phi) is 11.1. The fourth-order valence-electron chi connectivity index (χ4n) is 2.48. The number of rotatable bonds is 9. The molecule has 1 amide bonds. The van der Waals surface area contributed by atoms with E-state index in [1.165, 1.54) is 0 Å². The molecule has 1 aliphatic heterocycles. The molecule has 1 heterocycles. The highest BCUT2D eigenvalue weighted by atomic mass is 127. The molecule has 152 valence electrons. The quantitative estimate of drug-likeness (QED) is 0.270. The summed E-state index contributed by atoms with van der Waals surface area (Å²) in [6.45, 7) is 4.51. The van der Waals surface area contributed by atoms with E-state index in [0.717, 1.165) is 18.6 Å². The average Bonchev–Trinajstić information content (AvgIpc) is 3.15. The Bertz CT molecular complexity index is 609. The highest BCUT2D eigenvalue weighted by Gasteiger charge is 2.17. The average molecular weight is 492 g/mol. The predicted octanol–water partition coefficient (Wildman–Crippen LogP) is 1.03. The molecule has 1 aromatic rings. The van der Waals surface area contributed by atoms with Gasteiger partial charge in [0.25, 0.3) is 5.91 Å². The highest BCUT2D eigenvalue weighted by Crippen LogP contribution is 2.13. The predicted molar refractivity (Wildman–Crippen MR) is 115 cm³/mol. The second-order valence-electron chi connectivity index (χ2n) is 6.19. The number of nitrogens with zero attached hydrogens (tertiary/aromatic N) is 1. The molecular formula is C18H29IN4O4. The molecule has 2 unspecified atom stereocenters. The molecule has 2 rings (SSSR count). The standard InChI is InChI=1S/C18H28N4O4.HI/c1-13(10-25-16-6-7-24-11-16)22-18(20-2)21-9-14-4-3-5-15(8-14)26-12-17(19)23;/h3-5,8,13,16H,6-7,9-12H2,1-2H3,(H2,19,23)(H2,20,21,22);1H. The van der Waals surface area contributed by atoms with Gasteiger partial charge in [-0.1, -0.05) is 12.1 Å². The number of aliphatic imine (C=N–C) groups is 1. The summed E-state index contributed by atoms with van der Waals surface area (Å²) >= 11 is 0. The number of nitrogens with two attached hydrogens (primary N) is 1. The van der Waals surface area contributed by atoms with Gasteiger partial charge in [0.2, 0.25) is 0 Å². The van der Waals surface area contributed by atoms with Gasteiger partial charge in [-0.3, -0.25) is 9.79 Å². The molecule has 2 atom stereocenters. The molecule has 1 aliphatic rings. The SMILES string of the molecule is CN=C(NCc1cccc(OCC(N)=O)c1)NC(C)COC1CCOC1.I. The molecule has 0 aromatic heterocycles. The third-order valence-electron chi connectivity index (χ3n) is 3.82. The first-order chi connectivity index (χ1) is 12.6. The van der Waals surface area contributed by atoms with Gasteiger partial charge in [-0.2, -0.15) is 0 Å². The molecule has 0 bridgehead atoms. The highest BCUT2D eigenvalue weighted by molar-refractivity contribution is 14.0. The lowest BCUT2D eigenvalue weighted by Crippen LogP contribution is -2.44. The van der Waals surface area contributed by atoms with E-state index in [-0.39, 0.29) is 42.7 Å². The molecule has 9 heteroatoms. The van der Waals surface area contributed by atoms with Crippen molar-refractivity contribution in [2.24, 2.45) is 10.7 Å². The van der Waals surface area contributed by atoms with Crippen LogP contribution >= 0.6 is 24.0 Å². The van der Waals surface area contributed by atoms with Crippen LogP contribution in [0.25, 0.3) is 0 Å². The van der Waals surface area contributed by atoms with Crippen LogP contribution in [0.4, 0.5) is 0 Å². The monoisotopic (exact) mass is 492 g/mol. The molecule has 0 saturated carbocycles. The number of halogens is 1. The fourth-order valence-corrected chi connectivity index (χ4v) is 2.48. The largest absolute Gasteiger partial charge is 0.484 e. The second-order valence-corrected chi connectivity index (χ2v) is 6.19. The van der Waals surface area contributed by atoms with Crippen LogP contribution in [0, 0.1) is 0 Å². The minimum absolute atomic E-state index is 0. The van der Waals surface area contributed by atoms with E-state index in [9.17, 15) is 4.79 Å². The summed E-state index contributed by atoms with van der Waals surface area (Å²) < 4.78 is 16.4. The summed E-state index contributed by atoms with van der Waals surface area (Å²) in [4.78, 5) is 15.0. The maximum atomic E-state index is 10.8. The molecule has 1 saturated heterocycles. The maximum absolute atomic E-state index is 10.8. The number of guanidine groups is 1. The number of amides is 1. The Morgan fingerprint density at radius 2 is 2.30 bits per heavy atom. The molecule has 0 aliphatic carbocycles. The smallest absolute Gasteiger partial charge is 0.255 e. The van der Waals surface area contributed by atoms with Crippen molar-refractivity contribution in [1.29, 1.82) is 0 Å². The molecule has 1 aromatic carbocycles. The van der Waals surface area contributed by atoms with Crippen LogP contribution < -0.4 is 21.1 Å². The molecule has 8 nitrogen and oxygen atoms in total. The van der Waals surface area contributed by atoms with E-state index in [2.05, 4.69) is 15.6 Å². The van der Waals surface area contributed by atoms with Gasteiger partial charge in [-0.05, 0) is 31.0 Å². The zero-order valence-corrected chi connectivity index (χ0v) is 18.1. The van der Waals surface area contributed by atoms with Crippen molar-refractivity contribution in [1.82, 2.24) is 10.6 Å². The third-order valence-corrected chi connectivity index (χ3v) is 3.82. The molecule has 27 heavy (non-hydrogen) atoms. The third kappa shape index (κ3) is 9.25. The van der Waals surface area contributed by atoms with Gasteiger partial charge in [0.1, 0.15) is 5.75 Å². The Hall–Kier alpha value is -1.59. The van der Waals surface area contributed by atoms with Crippen molar-refractivity contribution in [2.45, 2.75) is 32.0 Å². The lowest BCUT2D eigenvalue weighted by atomic mass is 10.2. The van der Waals surface area contributed by atoms with Crippen molar-refractivity contribution in [2.75, 3.05) is 33.5 Å². The van der Waals surface area contributed by atoms with E-state index in [1.54, 1.807) is 13.1 Å². The van der Waals surface area contributed by atoms with Gasteiger partial charge in [0, 0.05) is 26.2 Å². The Labute approximate surface area is 177 Å². The van der Waals surface area contributed by atoms with E-state index >= 15 is 0 Å². The number of carbonyl (C=O) groups excluding carboxylic acids is 1. The molecule has 1 fully saturated rings. The van der Waals surface area contributed by atoms with Gasteiger partial charge >= 0.3 is 0 Å². The number of primary amides is 1. The number of ether oxygens (including phenoxy) is 3. The van der Waals surface area contributed by atoms with E-state index in [4.69, 9.17) is 19.9 Å². The van der Waals surface area contributed by atoms with Crippen LogP contribution in [0.5, 0.6) is 5.75 Å². The van der Waals surface area contributed by atoms with Gasteiger partial charge in [0.15, 0.2) is 12.6 Å². The lowest BCUT2D eigenvalue weighted by Gasteiger charge is -2.19. The summed E-state index contributed by atoms with van der Waals surface area (Å²) in [6, 6.07) is 7.59. The minimum Gasteiger partial charge on any atom is -0.484 e. The number of benzene rings is 1. The van der Waals surface area contributed by atoms with Gasteiger partial charge in [-0.25, -0.2) is 0 Å². The van der Waals surface area contributed by atoms with Crippen LogP contribution in [-0.4, -0.2) is 57.5 Å². The Balaban J connectivity index is 0.00000364. The van der Waals surface area contributed by atoms with Crippen LogP contribution in [0.2, 0.25) is 0 Å². The Morgan fingerprint density at radius 1 is 1.48 bits per heavy atom. The van der Waals surface area contributed by atoms with Crippen molar-refractivity contribution in [3.05, 3.63) is 29.8 Å².